The van der Waals surface area contributed by atoms with E-state index in [9.17, 15) is 9.18 Å². The molecule has 0 saturated carbocycles. The first-order valence-electron chi connectivity index (χ1n) is 7.57. The molecule has 0 aromatic heterocycles. The number of rotatable bonds is 5. The molecule has 1 N–H and O–H groups in total. The molecule has 1 amide bonds. The van der Waals surface area contributed by atoms with Gasteiger partial charge in [-0.3, -0.25) is 9.69 Å². The van der Waals surface area contributed by atoms with E-state index < -0.39 is 0 Å². The monoisotopic (exact) mass is 293 g/mol. The first-order valence-corrected chi connectivity index (χ1v) is 7.57. The smallest absolute Gasteiger partial charge is 0.221 e. The molecule has 1 aromatic carbocycles. The molecule has 1 heterocycles. The molecule has 2 rings (SSSR count). The van der Waals surface area contributed by atoms with Crippen LogP contribution in [-0.2, 0) is 4.79 Å². The lowest BCUT2D eigenvalue weighted by molar-refractivity contribution is -0.121. The largest absolute Gasteiger partial charge is 0.369 e. The SMILES string of the molecule is CC(C)NC(=O)CCN1CCN(c2ccc(F)cc2)CC1. The maximum absolute atomic E-state index is 12.9. The molecular formula is C16H24FN3O. The number of halogens is 1. The topological polar surface area (TPSA) is 35.6 Å². The summed E-state index contributed by atoms with van der Waals surface area (Å²) in [7, 11) is 0. The molecule has 5 heteroatoms. The van der Waals surface area contributed by atoms with E-state index in [0.717, 1.165) is 38.4 Å². The quantitative estimate of drug-likeness (QED) is 0.900. The number of amides is 1. The van der Waals surface area contributed by atoms with Crippen molar-refractivity contribution in [1.29, 1.82) is 0 Å². The van der Waals surface area contributed by atoms with Crippen LogP contribution in [0.1, 0.15) is 20.3 Å². The number of benzene rings is 1. The van der Waals surface area contributed by atoms with Crippen molar-refractivity contribution < 1.29 is 9.18 Å². The summed E-state index contributed by atoms with van der Waals surface area (Å²) in [6.45, 7) is 8.45. The number of carbonyl (C=O) groups is 1. The Morgan fingerprint density at radius 2 is 1.81 bits per heavy atom. The fourth-order valence-corrected chi connectivity index (χ4v) is 2.54. The van der Waals surface area contributed by atoms with Crippen molar-refractivity contribution in [1.82, 2.24) is 10.2 Å². The van der Waals surface area contributed by atoms with Crippen molar-refractivity contribution in [2.45, 2.75) is 26.3 Å². The van der Waals surface area contributed by atoms with Crippen molar-refractivity contribution in [2.24, 2.45) is 0 Å². The third-order valence-electron chi connectivity index (χ3n) is 3.67. The number of hydrogen-bond acceptors (Lipinski definition) is 3. The summed E-state index contributed by atoms with van der Waals surface area (Å²) in [4.78, 5) is 16.2. The van der Waals surface area contributed by atoms with Crippen LogP contribution in [0.2, 0.25) is 0 Å². The van der Waals surface area contributed by atoms with Crippen LogP contribution in [0, 0.1) is 5.82 Å². The molecule has 0 atom stereocenters. The van der Waals surface area contributed by atoms with Gasteiger partial charge in [0.05, 0.1) is 0 Å². The van der Waals surface area contributed by atoms with Crippen LogP contribution in [0.25, 0.3) is 0 Å². The standard InChI is InChI=1S/C16H24FN3O/c1-13(2)18-16(21)7-8-19-9-11-20(12-10-19)15-5-3-14(17)4-6-15/h3-6,13H,7-12H2,1-2H3,(H,18,21). The fraction of sp³-hybridized carbons (Fsp3) is 0.562. The maximum atomic E-state index is 12.9. The Kier molecular flexibility index (Phi) is 5.56. The second-order valence-electron chi connectivity index (χ2n) is 5.78. The second kappa shape index (κ2) is 7.41. The Morgan fingerprint density at radius 3 is 2.38 bits per heavy atom. The zero-order chi connectivity index (χ0) is 15.2. The minimum atomic E-state index is -0.200. The molecule has 0 bridgehead atoms. The lowest BCUT2D eigenvalue weighted by Crippen LogP contribution is -2.47. The van der Waals surface area contributed by atoms with Gasteiger partial charge < -0.3 is 10.2 Å². The van der Waals surface area contributed by atoms with Gasteiger partial charge in [0.1, 0.15) is 5.82 Å². The molecule has 1 aromatic rings. The van der Waals surface area contributed by atoms with Gasteiger partial charge in [-0.05, 0) is 38.1 Å². The number of carbonyl (C=O) groups excluding carboxylic acids is 1. The summed E-state index contributed by atoms with van der Waals surface area (Å²) in [6.07, 6.45) is 0.550. The van der Waals surface area contributed by atoms with E-state index in [4.69, 9.17) is 0 Å². The van der Waals surface area contributed by atoms with Crippen LogP contribution in [0.3, 0.4) is 0 Å². The normalized spacial score (nSPS) is 16.3. The van der Waals surface area contributed by atoms with Gasteiger partial charge in [0.2, 0.25) is 5.91 Å². The van der Waals surface area contributed by atoms with Crippen LogP contribution in [-0.4, -0.2) is 49.6 Å². The summed E-state index contributed by atoms with van der Waals surface area (Å²) < 4.78 is 12.9. The number of nitrogens with zero attached hydrogens (tertiary/aromatic N) is 2. The first kappa shape index (κ1) is 15.8. The van der Waals surface area contributed by atoms with E-state index in [0.29, 0.717) is 6.42 Å². The summed E-state index contributed by atoms with van der Waals surface area (Å²) in [5, 5.41) is 2.91. The van der Waals surface area contributed by atoms with E-state index in [2.05, 4.69) is 15.1 Å². The molecule has 0 radical (unpaired) electrons. The summed E-state index contributed by atoms with van der Waals surface area (Å²) in [5.74, 6) is -0.0838. The third-order valence-corrected chi connectivity index (χ3v) is 3.67. The number of piperazine rings is 1. The van der Waals surface area contributed by atoms with E-state index in [1.54, 1.807) is 0 Å². The van der Waals surface area contributed by atoms with Crippen LogP contribution in [0.5, 0.6) is 0 Å². The van der Waals surface area contributed by atoms with E-state index in [-0.39, 0.29) is 17.8 Å². The van der Waals surface area contributed by atoms with Crippen LogP contribution in [0.4, 0.5) is 10.1 Å². The lowest BCUT2D eigenvalue weighted by Gasteiger charge is -2.36. The highest BCUT2D eigenvalue weighted by atomic mass is 19.1. The highest BCUT2D eigenvalue weighted by Crippen LogP contribution is 2.16. The van der Waals surface area contributed by atoms with Crippen molar-refractivity contribution in [3.05, 3.63) is 30.1 Å². The van der Waals surface area contributed by atoms with Crippen molar-refractivity contribution in [3.63, 3.8) is 0 Å². The molecule has 0 spiro atoms. The third kappa shape index (κ3) is 5.01. The molecule has 116 valence electrons. The van der Waals surface area contributed by atoms with E-state index >= 15 is 0 Å². The van der Waals surface area contributed by atoms with Crippen molar-refractivity contribution >= 4 is 11.6 Å². The Balaban J connectivity index is 1.73. The minimum Gasteiger partial charge on any atom is -0.369 e. The molecule has 0 unspecified atom stereocenters. The van der Waals surface area contributed by atoms with Crippen molar-refractivity contribution in [2.75, 3.05) is 37.6 Å². The molecule has 1 fully saturated rings. The second-order valence-corrected chi connectivity index (χ2v) is 5.78. The summed E-state index contributed by atoms with van der Waals surface area (Å²) in [5.41, 5.74) is 1.06. The molecular weight excluding hydrogens is 269 g/mol. The molecule has 21 heavy (non-hydrogen) atoms. The first-order chi connectivity index (χ1) is 10.0. The number of hydrogen-bond donors (Lipinski definition) is 1. The van der Waals surface area contributed by atoms with Crippen molar-refractivity contribution in [3.8, 4) is 0 Å². The van der Waals surface area contributed by atoms with E-state index in [1.165, 1.54) is 12.1 Å². The Labute approximate surface area is 125 Å². The average molecular weight is 293 g/mol. The van der Waals surface area contributed by atoms with Crippen LogP contribution < -0.4 is 10.2 Å². The molecule has 0 aliphatic carbocycles. The predicted octanol–water partition coefficient (Wildman–Crippen LogP) is 1.86. The maximum Gasteiger partial charge on any atom is 0.221 e. The summed E-state index contributed by atoms with van der Waals surface area (Å²) in [6, 6.07) is 6.84. The van der Waals surface area contributed by atoms with Gasteiger partial charge >= 0.3 is 0 Å². The minimum absolute atomic E-state index is 0.117. The highest BCUT2D eigenvalue weighted by molar-refractivity contribution is 5.76. The fourth-order valence-electron chi connectivity index (χ4n) is 2.54. The molecule has 4 nitrogen and oxygen atoms in total. The van der Waals surface area contributed by atoms with Gasteiger partial charge in [0.15, 0.2) is 0 Å². The Bertz CT molecular complexity index is 453. The highest BCUT2D eigenvalue weighted by Gasteiger charge is 2.17. The summed E-state index contributed by atoms with van der Waals surface area (Å²) >= 11 is 0. The van der Waals surface area contributed by atoms with Gasteiger partial charge in [0.25, 0.3) is 0 Å². The van der Waals surface area contributed by atoms with Gasteiger partial charge in [-0.25, -0.2) is 4.39 Å². The van der Waals surface area contributed by atoms with Crippen LogP contribution in [0.15, 0.2) is 24.3 Å². The molecule has 1 aliphatic heterocycles. The van der Waals surface area contributed by atoms with Crippen LogP contribution >= 0.6 is 0 Å². The number of anilines is 1. The zero-order valence-corrected chi connectivity index (χ0v) is 12.8. The van der Waals surface area contributed by atoms with Gasteiger partial charge in [-0.1, -0.05) is 0 Å². The van der Waals surface area contributed by atoms with Gasteiger partial charge in [-0.15, -0.1) is 0 Å². The number of nitrogens with one attached hydrogen (secondary N) is 1. The predicted molar refractivity (Wildman–Crippen MR) is 82.9 cm³/mol. The van der Waals surface area contributed by atoms with E-state index in [1.807, 2.05) is 26.0 Å². The molecule has 1 aliphatic rings. The molecule has 1 saturated heterocycles. The van der Waals surface area contributed by atoms with Gasteiger partial charge in [-0.2, -0.15) is 0 Å². The van der Waals surface area contributed by atoms with Gasteiger partial charge in [0, 0.05) is 50.9 Å². The lowest BCUT2D eigenvalue weighted by atomic mass is 10.2. The Morgan fingerprint density at radius 1 is 1.19 bits per heavy atom. The average Bonchev–Trinajstić information content (AvgIpc) is 2.46. The Hall–Kier alpha value is -1.62. The zero-order valence-electron chi connectivity index (χ0n) is 12.8.